The van der Waals surface area contributed by atoms with Gasteiger partial charge in [-0.1, -0.05) is 0 Å². The van der Waals surface area contributed by atoms with Gasteiger partial charge in [0.05, 0.1) is 12.9 Å². The van der Waals surface area contributed by atoms with E-state index < -0.39 is 42.8 Å². The van der Waals surface area contributed by atoms with Gasteiger partial charge in [0, 0.05) is 13.0 Å². The Bertz CT molecular complexity index is 897. The summed E-state index contributed by atoms with van der Waals surface area (Å²) in [5.74, 6) is 0.597. The number of nitrogens with two attached hydrogens (primary N) is 1. The number of amides is 1. The average molecular weight is 424 g/mol. The van der Waals surface area contributed by atoms with Crippen molar-refractivity contribution in [1.82, 2.24) is 24.8 Å². The maximum atomic E-state index is 11.7. The Morgan fingerprint density at radius 1 is 1.33 bits per heavy atom. The summed E-state index contributed by atoms with van der Waals surface area (Å²) in [6, 6.07) is 0. The van der Waals surface area contributed by atoms with E-state index >= 15 is 0 Å². The summed E-state index contributed by atoms with van der Waals surface area (Å²) < 4.78 is 12.2. The van der Waals surface area contributed by atoms with E-state index in [4.69, 9.17) is 15.2 Å². The Morgan fingerprint density at radius 3 is 2.70 bits per heavy atom. The van der Waals surface area contributed by atoms with E-state index in [0.29, 0.717) is 36.4 Å². The third-order valence-electron chi connectivity index (χ3n) is 4.53. The van der Waals surface area contributed by atoms with Crippen LogP contribution in [-0.4, -0.2) is 78.0 Å². The number of alkyl carbamates (subject to hydrolysis) is 1. The molecule has 12 heteroatoms. The summed E-state index contributed by atoms with van der Waals surface area (Å²) in [6.07, 6.45) is -2.53. The number of aliphatic hydroxyl groups excluding tert-OH is 3. The number of aromatic nitrogens is 4. The number of aryl methyl sites for hydroxylation is 1. The second-order valence-electron chi connectivity index (χ2n) is 8.11. The molecule has 2 aromatic rings. The van der Waals surface area contributed by atoms with Crippen LogP contribution in [0.4, 0.5) is 10.6 Å². The van der Waals surface area contributed by atoms with Crippen molar-refractivity contribution in [1.29, 1.82) is 0 Å². The monoisotopic (exact) mass is 424 g/mol. The fraction of sp³-hybridized carbons (Fsp3) is 0.667. The molecule has 1 aliphatic heterocycles. The van der Waals surface area contributed by atoms with Crippen molar-refractivity contribution in [3.8, 4) is 0 Å². The van der Waals surface area contributed by atoms with Crippen molar-refractivity contribution in [2.75, 3.05) is 18.9 Å². The normalized spacial score (nSPS) is 24.3. The second-order valence-corrected chi connectivity index (χ2v) is 8.11. The zero-order valence-corrected chi connectivity index (χ0v) is 17.1. The lowest BCUT2D eigenvalue weighted by atomic mass is 10.1. The van der Waals surface area contributed by atoms with Gasteiger partial charge in [-0.05, 0) is 27.2 Å². The second kappa shape index (κ2) is 8.68. The number of fused-ring (bicyclic) bond motifs is 1. The van der Waals surface area contributed by atoms with E-state index in [-0.39, 0.29) is 5.82 Å². The molecule has 1 amide bonds. The molecule has 0 spiro atoms. The van der Waals surface area contributed by atoms with E-state index in [2.05, 4.69) is 20.3 Å². The zero-order valence-electron chi connectivity index (χ0n) is 17.1. The molecule has 0 aromatic carbocycles. The Morgan fingerprint density at radius 2 is 2.07 bits per heavy atom. The van der Waals surface area contributed by atoms with Gasteiger partial charge in [-0.25, -0.2) is 19.7 Å². The van der Waals surface area contributed by atoms with Gasteiger partial charge in [0.25, 0.3) is 0 Å². The van der Waals surface area contributed by atoms with E-state index in [9.17, 15) is 20.1 Å². The Hall–Kier alpha value is -2.54. The first-order valence-electron chi connectivity index (χ1n) is 9.69. The number of carbonyl (C=O) groups is 1. The maximum Gasteiger partial charge on any atom is 0.407 e. The van der Waals surface area contributed by atoms with Crippen LogP contribution >= 0.6 is 0 Å². The molecule has 2 aromatic heterocycles. The molecule has 3 rings (SSSR count). The third kappa shape index (κ3) is 4.78. The highest BCUT2D eigenvalue weighted by molar-refractivity contribution is 5.81. The zero-order chi connectivity index (χ0) is 22.1. The minimum absolute atomic E-state index is 0.167. The highest BCUT2D eigenvalue weighted by Crippen LogP contribution is 2.32. The van der Waals surface area contributed by atoms with Gasteiger partial charge in [-0.15, -0.1) is 0 Å². The van der Waals surface area contributed by atoms with Crippen LogP contribution in [0.25, 0.3) is 11.2 Å². The molecule has 12 nitrogen and oxygen atoms in total. The quantitative estimate of drug-likeness (QED) is 0.379. The van der Waals surface area contributed by atoms with Crippen LogP contribution in [0, 0.1) is 0 Å². The van der Waals surface area contributed by atoms with Crippen LogP contribution in [0.3, 0.4) is 0 Å². The number of aliphatic hydroxyl groups is 3. The number of nitrogens with zero attached hydrogens (tertiary/aromatic N) is 4. The molecule has 1 aliphatic rings. The molecule has 0 unspecified atom stereocenters. The Balaban J connectivity index is 1.69. The summed E-state index contributed by atoms with van der Waals surface area (Å²) in [7, 11) is 0. The lowest BCUT2D eigenvalue weighted by Crippen LogP contribution is -2.33. The molecule has 6 N–H and O–H groups in total. The lowest BCUT2D eigenvalue weighted by Gasteiger charge is -2.19. The van der Waals surface area contributed by atoms with Crippen LogP contribution < -0.4 is 11.1 Å². The van der Waals surface area contributed by atoms with Gasteiger partial charge in [-0.3, -0.25) is 4.57 Å². The van der Waals surface area contributed by atoms with Crippen molar-refractivity contribution in [2.24, 2.45) is 0 Å². The number of hydrogen-bond acceptors (Lipinski definition) is 10. The first kappa shape index (κ1) is 22.2. The number of imidazole rings is 1. The van der Waals surface area contributed by atoms with Crippen LogP contribution in [0.15, 0.2) is 6.33 Å². The average Bonchev–Trinajstić information content (AvgIpc) is 3.19. The highest BCUT2D eigenvalue weighted by Gasteiger charge is 2.44. The Kier molecular flexibility index (Phi) is 6.41. The summed E-state index contributed by atoms with van der Waals surface area (Å²) in [4.78, 5) is 24.6. The number of nitrogen functional groups attached to an aromatic ring is 1. The van der Waals surface area contributed by atoms with E-state index in [1.54, 1.807) is 20.8 Å². The summed E-state index contributed by atoms with van der Waals surface area (Å²) in [5.41, 5.74) is 6.10. The summed E-state index contributed by atoms with van der Waals surface area (Å²) in [5, 5.41) is 32.2. The van der Waals surface area contributed by atoms with Gasteiger partial charge in [0.2, 0.25) is 0 Å². The van der Waals surface area contributed by atoms with Crippen LogP contribution in [-0.2, 0) is 15.9 Å². The molecular formula is C18H28N6O6. The predicted molar refractivity (Wildman–Crippen MR) is 105 cm³/mol. The van der Waals surface area contributed by atoms with Crippen molar-refractivity contribution in [2.45, 2.75) is 63.8 Å². The molecule has 4 atom stereocenters. The van der Waals surface area contributed by atoms with Gasteiger partial charge >= 0.3 is 6.09 Å². The molecule has 0 radical (unpaired) electrons. The van der Waals surface area contributed by atoms with Crippen molar-refractivity contribution in [3.63, 3.8) is 0 Å². The fourth-order valence-corrected chi connectivity index (χ4v) is 3.14. The molecule has 1 fully saturated rings. The molecule has 3 heterocycles. The van der Waals surface area contributed by atoms with Gasteiger partial charge < -0.3 is 35.8 Å². The lowest BCUT2D eigenvalue weighted by molar-refractivity contribution is -0.0511. The number of carbonyl (C=O) groups excluding carboxylic acids is 1. The van der Waals surface area contributed by atoms with E-state index in [1.807, 2.05) is 0 Å². The molecule has 0 aliphatic carbocycles. The molecule has 166 valence electrons. The first-order valence-corrected chi connectivity index (χ1v) is 9.69. The van der Waals surface area contributed by atoms with Crippen LogP contribution in [0.1, 0.15) is 39.2 Å². The standard InChI is InChI=1S/C18H28N6O6/c1-18(2,3)30-17(28)20-6-4-5-10-22-14(19)11-15(23-10)24(8-21-11)16-13(27)12(26)9(7-25)29-16/h8-9,12-13,16,25-27H,4-7H2,1-3H3,(H,20,28)(H2,19,22,23)/t9-,12-,13-,16-/m1/s1. The van der Waals surface area contributed by atoms with Crippen LogP contribution in [0.2, 0.25) is 0 Å². The molecule has 1 saturated heterocycles. The number of ether oxygens (including phenoxy) is 2. The maximum absolute atomic E-state index is 11.7. The minimum Gasteiger partial charge on any atom is -0.444 e. The van der Waals surface area contributed by atoms with E-state index in [0.717, 1.165) is 0 Å². The largest absolute Gasteiger partial charge is 0.444 e. The molecular weight excluding hydrogens is 396 g/mol. The molecule has 0 saturated carbocycles. The first-order chi connectivity index (χ1) is 14.1. The highest BCUT2D eigenvalue weighted by atomic mass is 16.6. The topological polar surface area (TPSA) is 178 Å². The number of rotatable bonds is 6. The van der Waals surface area contributed by atoms with Gasteiger partial charge in [-0.2, -0.15) is 0 Å². The number of nitrogens with one attached hydrogen (secondary N) is 1. The number of hydrogen-bond donors (Lipinski definition) is 5. The van der Waals surface area contributed by atoms with Gasteiger partial charge in [0.1, 0.15) is 35.3 Å². The van der Waals surface area contributed by atoms with Crippen LogP contribution in [0.5, 0.6) is 0 Å². The molecule has 30 heavy (non-hydrogen) atoms. The molecule has 0 bridgehead atoms. The fourth-order valence-electron chi connectivity index (χ4n) is 3.14. The number of anilines is 1. The minimum atomic E-state index is -1.27. The summed E-state index contributed by atoms with van der Waals surface area (Å²) >= 11 is 0. The smallest absolute Gasteiger partial charge is 0.407 e. The van der Waals surface area contributed by atoms with Gasteiger partial charge in [0.15, 0.2) is 17.7 Å². The Labute approximate surface area is 173 Å². The van der Waals surface area contributed by atoms with Crippen molar-refractivity contribution in [3.05, 3.63) is 12.2 Å². The summed E-state index contributed by atoms with van der Waals surface area (Å²) in [6.45, 7) is 5.29. The van der Waals surface area contributed by atoms with E-state index in [1.165, 1.54) is 10.9 Å². The third-order valence-corrected chi connectivity index (χ3v) is 4.53. The SMILES string of the molecule is CC(C)(C)OC(=O)NCCCc1nc(N)c2ncn([C@@H]3O[C@H](CO)[C@@H](O)[C@H]3O)c2n1. The van der Waals surface area contributed by atoms with Crippen molar-refractivity contribution >= 4 is 23.1 Å². The van der Waals surface area contributed by atoms with Crippen molar-refractivity contribution < 1.29 is 29.6 Å². The predicted octanol–water partition coefficient (Wildman–Crippen LogP) is -0.523.